The second-order valence-electron chi connectivity index (χ2n) is 7.20. The zero-order chi connectivity index (χ0) is 18.0. The number of carbonyl (C=O) groups is 1. The first-order valence-electron chi connectivity index (χ1n) is 8.54. The molecule has 1 saturated heterocycles. The number of allylic oxidation sites excluding steroid dienone is 3. The van der Waals surface area contributed by atoms with E-state index in [1.54, 1.807) is 24.7 Å². The van der Waals surface area contributed by atoms with Crippen LogP contribution in [0.3, 0.4) is 0 Å². The summed E-state index contributed by atoms with van der Waals surface area (Å²) in [5.41, 5.74) is 1.57. The number of hydrogen-bond acceptors (Lipinski definition) is 4. The van der Waals surface area contributed by atoms with Gasteiger partial charge in [0.1, 0.15) is 0 Å². The van der Waals surface area contributed by atoms with E-state index in [2.05, 4.69) is 13.5 Å². The number of carboxylic acid groups (broad SMARTS) is 1. The smallest absolute Gasteiger partial charge is 0.335 e. The third-order valence-electron chi connectivity index (χ3n) is 5.46. The number of aliphatic carboxylic acids is 1. The minimum absolute atomic E-state index is 0.0924. The first-order valence-corrected chi connectivity index (χ1v) is 8.54. The number of aliphatic hydroxyl groups excluding tert-OH is 1. The molecule has 3 rings (SSSR count). The van der Waals surface area contributed by atoms with Gasteiger partial charge in [-0.25, -0.2) is 4.79 Å². The van der Waals surface area contributed by atoms with Crippen LogP contribution in [0.4, 0.5) is 0 Å². The molecular weight excluding hydrogens is 320 g/mol. The molecule has 0 radical (unpaired) electrons. The zero-order valence-corrected chi connectivity index (χ0v) is 14.4. The van der Waals surface area contributed by atoms with Crippen LogP contribution in [-0.4, -0.2) is 22.5 Å². The summed E-state index contributed by atoms with van der Waals surface area (Å²) in [4.78, 5) is 11.4. The first kappa shape index (κ1) is 17.7. The van der Waals surface area contributed by atoms with Crippen LogP contribution in [0.1, 0.15) is 44.3 Å². The molecule has 5 heteroatoms. The molecule has 0 aromatic carbocycles. The van der Waals surface area contributed by atoms with Crippen molar-refractivity contribution in [3.8, 4) is 0 Å². The first-order chi connectivity index (χ1) is 11.9. The second kappa shape index (κ2) is 7.02. The minimum Gasteiger partial charge on any atom is -0.478 e. The highest BCUT2D eigenvalue weighted by Gasteiger charge is 2.46. The molecule has 1 aromatic heterocycles. The van der Waals surface area contributed by atoms with Gasteiger partial charge in [0.15, 0.2) is 6.29 Å². The Morgan fingerprint density at radius 1 is 1.44 bits per heavy atom. The van der Waals surface area contributed by atoms with E-state index in [0.717, 1.165) is 18.4 Å². The summed E-state index contributed by atoms with van der Waals surface area (Å²) in [6.07, 6.45) is 10.2. The third-order valence-corrected chi connectivity index (χ3v) is 5.46. The van der Waals surface area contributed by atoms with Crippen molar-refractivity contribution < 1.29 is 24.2 Å². The van der Waals surface area contributed by atoms with E-state index in [4.69, 9.17) is 9.15 Å². The lowest BCUT2D eigenvalue weighted by Gasteiger charge is -2.47. The second-order valence-corrected chi connectivity index (χ2v) is 7.20. The van der Waals surface area contributed by atoms with E-state index in [1.807, 2.05) is 12.1 Å². The predicted molar refractivity (Wildman–Crippen MR) is 92.6 cm³/mol. The normalized spacial score (nSPS) is 33.4. The van der Waals surface area contributed by atoms with E-state index in [9.17, 15) is 15.0 Å². The Kier molecular flexibility index (Phi) is 4.97. The molecule has 134 valence electrons. The van der Waals surface area contributed by atoms with Crippen molar-refractivity contribution in [2.45, 2.75) is 45.0 Å². The van der Waals surface area contributed by atoms with Crippen LogP contribution in [0.5, 0.6) is 0 Å². The Morgan fingerprint density at radius 2 is 2.24 bits per heavy atom. The average Bonchev–Trinajstić information content (AvgIpc) is 3.07. The van der Waals surface area contributed by atoms with E-state index in [1.165, 1.54) is 0 Å². The SMILES string of the molecule is C=C1CC[C@H]2[C@@H](O)O[C@H](c3ccoc3)C[C@]2(C)CC=CC=C1C(=O)O. The molecule has 5 nitrogen and oxygen atoms in total. The van der Waals surface area contributed by atoms with E-state index < -0.39 is 12.3 Å². The molecule has 0 amide bonds. The maximum absolute atomic E-state index is 11.4. The highest BCUT2D eigenvalue weighted by molar-refractivity contribution is 5.91. The molecule has 1 aromatic rings. The molecular formula is C20H24O5. The van der Waals surface area contributed by atoms with Crippen LogP contribution >= 0.6 is 0 Å². The molecule has 0 unspecified atom stereocenters. The Bertz CT molecular complexity index is 700. The highest BCUT2D eigenvalue weighted by Crippen LogP contribution is 2.50. The summed E-state index contributed by atoms with van der Waals surface area (Å²) in [7, 11) is 0. The molecule has 2 heterocycles. The fourth-order valence-electron chi connectivity index (χ4n) is 3.92. The molecule has 1 aliphatic heterocycles. The van der Waals surface area contributed by atoms with Crippen LogP contribution in [0.2, 0.25) is 0 Å². The number of hydrogen-bond donors (Lipinski definition) is 2. The topological polar surface area (TPSA) is 79.9 Å². The third kappa shape index (κ3) is 3.62. The summed E-state index contributed by atoms with van der Waals surface area (Å²) in [6.45, 7) is 6.07. The Balaban J connectivity index is 1.88. The maximum Gasteiger partial charge on any atom is 0.335 e. The summed E-state index contributed by atoms with van der Waals surface area (Å²) in [5, 5.41) is 20.0. The van der Waals surface area contributed by atoms with Crippen molar-refractivity contribution in [3.63, 3.8) is 0 Å². The van der Waals surface area contributed by atoms with Gasteiger partial charge in [-0.05, 0) is 48.8 Å². The number of rotatable bonds is 2. The molecule has 4 atom stereocenters. The van der Waals surface area contributed by atoms with Crippen LogP contribution in [0.15, 0.2) is 59.0 Å². The van der Waals surface area contributed by atoms with Gasteiger partial charge >= 0.3 is 5.97 Å². The van der Waals surface area contributed by atoms with Crippen molar-refractivity contribution in [3.05, 3.63) is 60.1 Å². The Hall–Kier alpha value is -2.11. The van der Waals surface area contributed by atoms with Gasteiger partial charge in [0.25, 0.3) is 0 Å². The number of ether oxygens (including phenoxy) is 1. The molecule has 1 fully saturated rings. The number of aliphatic hydroxyl groups is 1. The lowest BCUT2D eigenvalue weighted by atomic mass is 9.66. The monoisotopic (exact) mass is 344 g/mol. The molecule has 0 spiro atoms. The molecule has 1 aliphatic carbocycles. The van der Waals surface area contributed by atoms with Gasteiger partial charge in [-0.1, -0.05) is 25.7 Å². The molecule has 0 bridgehead atoms. The fraction of sp³-hybridized carbons (Fsp3) is 0.450. The van der Waals surface area contributed by atoms with Crippen LogP contribution in [0.25, 0.3) is 0 Å². The Labute approximate surface area is 147 Å². The predicted octanol–water partition coefficient (Wildman–Crippen LogP) is 3.99. The minimum atomic E-state index is -0.974. The summed E-state index contributed by atoms with van der Waals surface area (Å²) in [5.74, 6) is -1.07. The summed E-state index contributed by atoms with van der Waals surface area (Å²) in [6, 6.07) is 1.86. The molecule has 2 N–H and O–H groups in total. The number of furan rings is 1. The van der Waals surface area contributed by atoms with Gasteiger partial charge in [0, 0.05) is 11.5 Å². The van der Waals surface area contributed by atoms with Gasteiger partial charge in [-0.3, -0.25) is 0 Å². The van der Waals surface area contributed by atoms with Crippen molar-refractivity contribution in [2.24, 2.45) is 11.3 Å². The van der Waals surface area contributed by atoms with E-state index in [-0.39, 0.29) is 23.0 Å². The molecule has 0 saturated carbocycles. The van der Waals surface area contributed by atoms with Crippen molar-refractivity contribution in [1.29, 1.82) is 0 Å². The summed E-state index contributed by atoms with van der Waals surface area (Å²) >= 11 is 0. The standard InChI is InChI=1S/C20H24O5/c1-13-6-7-16-19(23)25-17(14-8-10-24-12-14)11-20(16,2)9-4-3-5-15(13)18(21)22/h3-5,8,10,12,16-17,19,23H,1,6-7,9,11H2,2H3,(H,21,22)/t16-,17-,19-,20-/m0/s1. The van der Waals surface area contributed by atoms with Crippen molar-refractivity contribution >= 4 is 5.97 Å². The quantitative estimate of drug-likeness (QED) is 0.848. The number of carboxylic acids is 1. The molecule has 25 heavy (non-hydrogen) atoms. The van der Waals surface area contributed by atoms with E-state index in [0.29, 0.717) is 18.4 Å². The maximum atomic E-state index is 11.4. The van der Waals surface area contributed by atoms with Crippen LogP contribution in [0, 0.1) is 11.3 Å². The fourth-order valence-corrected chi connectivity index (χ4v) is 3.92. The van der Waals surface area contributed by atoms with Gasteiger partial charge in [-0.15, -0.1) is 0 Å². The van der Waals surface area contributed by atoms with E-state index >= 15 is 0 Å². The van der Waals surface area contributed by atoms with Gasteiger partial charge in [0.05, 0.1) is 24.2 Å². The lowest BCUT2D eigenvalue weighted by Crippen LogP contribution is -2.44. The molecule has 2 aliphatic rings. The Morgan fingerprint density at radius 3 is 2.92 bits per heavy atom. The highest BCUT2D eigenvalue weighted by atomic mass is 16.6. The van der Waals surface area contributed by atoms with Gasteiger partial charge in [0.2, 0.25) is 0 Å². The van der Waals surface area contributed by atoms with Crippen molar-refractivity contribution in [2.75, 3.05) is 0 Å². The lowest BCUT2D eigenvalue weighted by molar-refractivity contribution is -0.236. The average molecular weight is 344 g/mol. The zero-order valence-electron chi connectivity index (χ0n) is 14.4. The van der Waals surface area contributed by atoms with Gasteiger partial charge < -0.3 is 19.4 Å². The van der Waals surface area contributed by atoms with Crippen molar-refractivity contribution in [1.82, 2.24) is 0 Å². The number of fused-ring (bicyclic) bond motifs is 1. The van der Waals surface area contributed by atoms with Crippen LogP contribution < -0.4 is 0 Å². The van der Waals surface area contributed by atoms with Crippen LogP contribution in [-0.2, 0) is 9.53 Å². The van der Waals surface area contributed by atoms with Gasteiger partial charge in [-0.2, -0.15) is 0 Å². The summed E-state index contributed by atoms with van der Waals surface area (Å²) < 4.78 is 11.0. The largest absolute Gasteiger partial charge is 0.478 e.